The molecular formula is C15H20BrN3S. The fourth-order valence-corrected chi connectivity index (χ4v) is 3.41. The quantitative estimate of drug-likeness (QED) is 0.761. The average Bonchev–Trinajstić information content (AvgIpc) is 2.85. The molecule has 2 aromatic rings. The molecule has 0 amide bonds. The van der Waals surface area contributed by atoms with Gasteiger partial charge < -0.3 is 10.2 Å². The van der Waals surface area contributed by atoms with Crippen LogP contribution >= 0.6 is 27.3 Å². The molecule has 0 aliphatic carbocycles. The highest BCUT2D eigenvalue weighted by molar-refractivity contribution is 9.10. The molecule has 0 saturated heterocycles. The number of thiophene rings is 1. The molecule has 0 aromatic carbocycles. The number of halogens is 1. The largest absolute Gasteiger partial charge is 0.355 e. The summed E-state index contributed by atoms with van der Waals surface area (Å²) >= 11 is 5.25. The molecule has 108 valence electrons. The van der Waals surface area contributed by atoms with Crippen LogP contribution in [0.25, 0.3) is 0 Å². The van der Waals surface area contributed by atoms with E-state index in [4.69, 9.17) is 0 Å². The van der Waals surface area contributed by atoms with Gasteiger partial charge in [0.2, 0.25) is 0 Å². The molecule has 5 heteroatoms. The Balaban J connectivity index is 1.91. The average molecular weight is 354 g/mol. The topological polar surface area (TPSA) is 28.2 Å². The highest BCUT2D eigenvalue weighted by Crippen LogP contribution is 2.22. The maximum atomic E-state index is 4.54. The van der Waals surface area contributed by atoms with Gasteiger partial charge >= 0.3 is 0 Å². The zero-order valence-electron chi connectivity index (χ0n) is 11.9. The molecule has 0 unspecified atom stereocenters. The van der Waals surface area contributed by atoms with Gasteiger partial charge in [0, 0.05) is 34.5 Å². The van der Waals surface area contributed by atoms with Crippen LogP contribution in [0.5, 0.6) is 0 Å². The minimum Gasteiger partial charge on any atom is -0.355 e. The second-order valence-electron chi connectivity index (χ2n) is 4.79. The molecule has 0 saturated carbocycles. The van der Waals surface area contributed by atoms with Crippen LogP contribution in [-0.4, -0.2) is 18.6 Å². The molecule has 0 atom stereocenters. The van der Waals surface area contributed by atoms with Crippen LogP contribution in [0.1, 0.15) is 23.8 Å². The third kappa shape index (κ3) is 4.58. The summed E-state index contributed by atoms with van der Waals surface area (Å²) in [6.45, 7) is 5.00. The molecule has 0 aliphatic heterocycles. The van der Waals surface area contributed by atoms with Crippen LogP contribution in [0.3, 0.4) is 0 Å². The van der Waals surface area contributed by atoms with E-state index in [2.05, 4.69) is 68.7 Å². The van der Waals surface area contributed by atoms with E-state index in [1.807, 2.05) is 6.20 Å². The Labute approximate surface area is 133 Å². The molecule has 2 aromatic heterocycles. The van der Waals surface area contributed by atoms with Crippen molar-refractivity contribution in [2.24, 2.45) is 0 Å². The Kier molecular flexibility index (Phi) is 6.01. The molecule has 2 heterocycles. The van der Waals surface area contributed by atoms with Crippen LogP contribution in [0.15, 0.2) is 34.2 Å². The third-order valence-electron chi connectivity index (χ3n) is 2.97. The number of aromatic nitrogens is 1. The van der Waals surface area contributed by atoms with Crippen molar-refractivity contribution in [1.82, 2.24) is 10.3 Å². The summed E-state index contributed by atoms with van der Waals surface area (Å²) in [5.74, 6) is 1.01. The van der Waals surface area contributed by atoms with E-state index in [1.54, 1.807) is 11.3 Å². The van der Waals surface area contributed by atoms with E-state index in [1.165, 1.54) is 10.4 Å². The first-order valence-corrected chi connectivity index (χ1v) is 8.46. The van der Waals surface area contributed by atoms with Crippen molar-refractivity contribution in [2.75, 3.05) is 18.5 Å². The first-order chi connectivity index (χ1) is 9.69. The summed E-state index contributed by atoms with van der Waals surface area (Å²) in [6, 6.07) is 6.39. The van der Waals surface area contributed by atoms with Gasteiger partial charge in [0.1, 0.15) is 5.82 Å². The number of rotatable bonds is 7. The summed E-state index contributed by atoms with van der Waals surface area (Å²) < 4.78 is 1.15. The lowest BCUT2D eigenvalue weighted by Gasteiger charge is -2.17. The van der Waals surface area contributed by atoms with Crippen molar-refractivity contribution in [1.29, 1.82) is 0 Å². The molecule has 0 fully saturated rings. The van der Waals surface area contributed by atoms with E-state index >= 15 is 0 Å². The maximum absolute atomic E-state index is 4.54. The number of anilines is 1. The van der Waals surface area contributed by atoms with E-state index in [-0.39, 0.29) is 0 Å². The first-order valence-electron chi connectivity index (χ1n) is 6.78. The number of hydrogen-bond acceptors (Lipinski definition) is 4. The van der Waals surface area contributed by atoms with Crippen LogP contribution in [-0.2, 0) is 13.1 Å². The monoisotopic (exact) mass is 353 g/mol. The smallest absolute Gasteiger partial charge is 0.128 e. The van der Waals surface area contributed by atoms with E-state index in [0.717, 1.165) is 36.3 Å². The van der Waals surface area contributed by atoms with Crippen molar-refractivity contribution in [2.45, 2.75) is 26.4 Å². The van der Waals surface area contributed by atoms with E-state index < -0.39 is 0 Å². The predicted octanol–water partition coefficient (Wildman–Crippen LogP) is 4.04. The molecule has 2 rings (SSSR count). The number of hydrogen-bond donors (Lipinski definition) is 1. The Morgan fingerprint density at radius 1 is 1.40 bits per heavy atom. The highest BCUT2D eigenvalue weighted by atomic mass is 79.9. The summed E-state index contributed by atoms with van der Waals surface area (Å²) in [4.78, 5) is 8.04. The second-order valence-corrected chi connectivity index (χ2v) is 6.70. The molecule has 0 radical (unpaired) electrons. The zero-order chi connectivity index (χ0) is 14.4. The van der Waals surface area contributed by atoms with Gasteiger partial charge in [0.15, 0.2) is 0 Å². The molecule has 0 bridgehead atoms. The van der Waals surface area contributed by atoms with Gasteiger partial charge in [-0.2, -0.15) is 0 Å². The number of nitrogens with zero attached hydrogens (tertiary/aromatic N) is 2. The fourth-order valence-electron chi connectivity index (χ4n) is 1.91. The number of nitrogens with one attached hydrogen (secondary N) is 1. The van der Waals surface area contributed by atoms with Crippen molar-refractivity contribution < 1.29 is 0 Å². The minimum absolute atomic E-state index is 0.886. The minimum atomic E-state index is 0.886. The van der Waals surface area contributed by atoms with Gasteiger partial charge in [-0.1, -0.05) is 13.0 Å². The summed E-state index contributed by atoms with van der Waals surface area (Å²) in [5, 5.41) is 5.50. The van der Waals surface area contributed by atoms with Gasteiger partial charge in [0.05, 0.1) is 6.54 Å². The molecule has 0 aliphatic rings. The van der Waals surface area contributed by atoms with Crippen LogP contribution in [0.2, 0.25) is 0 Å². The van der Waals surface area contributed by atoms with Gasteiger partial charge in [-0.15, -0.1) is 11.3 Å². The van der Waals surface area contributed by atoms with Gasteiger partial charge in [-0.3, -0.25) is 0 Å². The molecule has 3 nitrogen and oxygen atoms in total. The number of pyridine rings is 1. The summed E-state index contributed by atoms with van der Waals surface area (Å²) in [6.07, 6.45) is 3.11. The standard InChI is InChI=1S/C15H20BrN3S/c1-3-6-17-8-12-4-5-15(18-9-12)19(2)10-14-7-13(16)11-20-14/h4-5,7,9,11,17H,3,6,8,10H2,1-2H3. The normalized spacial score (nSPS) is 10.8. The second kappa shape index (κ2) is 7.76. The van der Waals surface area contributed by atoms with Gasteiger partial charge in [-0.05, 0) is 46.6 Å². The van der Waals surface area contributed by atoms with Gasteiger partial charge in [-0.25, -0.2) is 4.98 Å². The van der Waals surface area contributed by atoms with E-state index in [9.17, 15) is 0 Å². The van der Waals surface area contributed by atoms with Crippen molar-refractivity contribution in [3.8, 4) is 0 Å². The Bertz CT molecular complexity index is 524. The Morgan fingerprint density at radius 2 is 2.25 bits per heavy atom. The molecule has 20 heavy (non-hydrogen) atoms. The van der Waals surface area contributed by atoms with Crippen molar-refractivity contribution >= 4 is 33.1 Å². The molecule has 1 N–H and O–H groups in total. The maximum Gasteiger partial charge on any atom is 0.128 e. The third-order valence-corrected chi connectivity index (χ3v) is 4.65. The highest BCUT2D eigenvalue weighted by Gasteiger charge is 2.05. The van der Waals surface area contributed by atoms with Crippen LogP contribution in [0.4, 0.5) is 5.82 Å². The fraction of sp³-hybridized carbons (Fsp3) is 0.400. The molecule has 0 spiro atoms. The van der Waals surface area contributed by atoms with Crippen LogP contribution < -0.4 is 10.2 Å². The lowest BCUT2D eigenvalue weighted by atomic mass is 10.2. The first kappa shape index (κ1) is 15.5. The Hall–Kier alpha value is -0.910. The lowest BCUT2D eigenvalue weighted by molar-refractivity contribution is 0.674. The zero-order valence-corrected chi connectivity index (χ0v) is 14.3. The lowest BCUT2D eigenvalue weighted by Crippen LogP contribution is -2.17. The SMILES string of the molecule is CCCNCc1ccc(N(C)Cc2cc(Br)cs2)nc1. The Morgan fingerprint density at radius 3 is 2.85 bits per heavy atom. The van der Waals surface area contributed by atoms with Crippen molar-refractivity contribution in [3.05, 3.63) is 44.7 Å². The molecular weight excluding hydrogens is 334 g/mol. The van der Waals surface area contributed by atoms with Crippen molar-refractivity contribution in [3.63, 3.8) is 0 Å². The predicted molar refractivity (Wildman–Crippen MR) is 90.4 cm³/mol. The van der Waals surface area contributed by atoms with Gasteiger partial charge in [0.25, 0.3) is 0 Å². The van der Waals surface area contributed by atoms with Crippen LogP contribution in [0, 0.1) is 0 Å². The summed E-state index contributed by atoms with van der Waals surface area (Å²) in [5.41, 5.74) is 1.23. The van der Waals surface area contributed by atoms with E-state index in [0.29, 0.717) is 0 Å². The summed E-state index contributed by atoms with van der Waals surface area (Å²) in [7, 11) is 2.07.